The highest BCUT2D eigenvalue weighted by Crippen LogP contribution is 2.47. The molecule has 0 radical (unpaired) electrons. The van der Waals surface area contributed by atoms with Crippen LogP contribution < -0.4 is 0 Å². The molecule has 1 aliphatic carbocycles. The lowest BCUT2D eigenvalue weighted by Crippen LogP contribution is -2.60. The van der Waals surface area contributed by atoms with Gasteiger partial charge in [0.05, 0.1) is 18.8 Å². The third-order valence-corrected chi connectivity index (χ3v) is 3.81. The largest absolute Gasteiger partial charge is 0.499 e. The molecule has 2 aliphatic rings. The molecule has 0 saturated carbocycles. The molecule has 2 atom stereocenters. The van der Waals surface area contributed by atoms with E-state index >= 15 is 0 Å². The van der Waals surface area contributed by atoms with Crippen LogP contribution in [0.25, 0.3) is 0 Å². The summed E-state index contributed by atoms with van der Waals surface area (Å²) >= 11 is 0. The van der Waals surface area contributed by atoms with Gasteiger partial charge in [0.2, 0.25) is 0 Å². The summed E-state index contributed by atoms with van der Waals surface area (Å²) in [5.74, 6) is -0.647. The molecule has 0 aromatic rings. The number of Topliss-reactive ketones (excluding diaryl/α,β-unsaturated/α-hetero) is 2. The normalized spacial score (nSPS) is 33.5. The highest BCUT2D eigenvalue weighted by atomic mass is 16.5. The second kappa shape index (κ2) is 4.27. The van der Waals surface area contributed by atoms with E-state index in [1.54, 1.807) is 13.8 Å². The molecule has 1 unspecified atom stereocenters. The van der Waals surface area contributed by atoms with Gasteiger partial charge >= 0.3 is 0 Å². The van der Waals surface area contributed by atoms with Gasteiger partial charge in [0.25, 0.3) is 0 Å². The van der Waals surface area contributed by atoms with Crippen molar-refractivity contribution in [3.63, 3.8) is 0 Å². The Kier molecular flexibility index (Phi) is 3.13. The van der Waals surface area contributed by atoms with E-state index < -0.39 is 17.1 Å². The fraction of sp³-hybridized carbons (Fsp3) is 0.643. The Labute approximate surface area is 111 Å². The van der Waals surface area contributed by atoms with Crippen LogP contribution in [0.5, 0.6) is 0 Å². The molecule has 0 aromatic carbocycles. The van der Waals surface area contributed by atoms with E-state index in [0.717, 1.165) is 0 Å². The number of hydrogen-bond acceptors (Lipinski definition) is 5. The zero-order chi connectivity index (χ0) is 14.4. The van der Waals surface area contributed by atoms with Crippen LogP contribution in [0.15, 0.2) is 11.8 Å². The molecule has 2 rings (SSSR count). The summed E-state index contributed by atoms with van der Waals surface area (Å²) in [5, 5.41) is 0. The van der Waals surface area contributed by atoms with Crippen LogP contribution in [0, 0.1) is 5.41 Å². The third-order valence-electron chi connectivity index (χ3n) is 3.81. The first-order valence-corrected chi connectivity index (χ1v) is 6.25. The highest BCUT2D eigenvalue weighted by molar-refractivity contribution is 6.13. The zero-order valence-corrected chi connectivity index (χ0v) is 11.6. The van der Waals surface area contributed by atoms with Gasteiger partial charge in [-0.25, -0.2) is 0 Å². The highest BCUT2D eigenvalue weighted by Gasteiger charge is 2.61. The van der Waals surface area contributed by atoms with Crippen molar-refractivity contribution in [3.8, 4) is 0 Å². The Morgan fingerprint density at radius 1 is 1.42 bits per heavy atom. The molecule has 1 saturated heterocycles. The molecule has 5 nitrogen and oxygen atoms in total. The van der Waals surface area contributed by atoms with Crippen molar-refractivity contribution in [3.05, 3.63) is 11.8 Å². The van der Waals surface area contributed by atoms with Crippen LogP contribution in [0.3, 0.4) is 0 Å². The molecule has 1 aliphatic heterocycles. The molecule has 1 heterocycles. The van der Waals surface area contributed by atoms with Crippen LogP contribution in [-0.2, 0) is 23.9 Å². The minimum atomic E-state index is -1.45. The van der Waals surface area contributed by atoms with Gasteiger partial charge in [0.15, 0.2) is 22.8 Å². The van der Waals surface area contributed by atoms with E-state index in [1.165, 1.54) is 20.1 Å². The standard InChI is InChI=1S/C14H18O5/c1-8(15)14-10(17)7-13(2,3)19-12(14)6-9(16)5-11(14)18-4/h5,12H,6-7H2,1-4H3/t12?,14-/m0/s1. The lowest BCUT2D eigenvalue weighted by atomic mass is 9.64. The molecule has 0 N–H and O–H groups in total. The van der Waals surface area contributed by atoms with Gasteiger partial charge in [0.1, 0.15) is 5.76 Å². The van der Waals surface area contributed by atoms with Crippen LogP contribution in [0.1, 0.15) is 33.6 Å². The molecular formula is C14H18O5. The maximum atomic E-state index is 12.6. The van der Waals surface area contributed by atoms with Crippen molar-refractivity contribution in [2.24, 2.45) is 5.41 Å². The van der Waals surface area contributed by atoms with Gasteiger partial charge in [-0.15, -0.1) is 0 Å². The summed E-state index contributed by atoms with van der Waals surface area (Å²) in [5.41, 5.74) is -2.12. The van der Waals surface area contributed by atoms with Gasteiger partial charge in [-0.1, -0.05) is 0 Å². The van der Waals surface area contributed by atoms with Gasteiger partial charge < -0.3 is 9.47 Å². The van der Waals surface area contributed by atoms with E-state index in [9.17, 15) is 14.4 Å². The number of hydrogen-bond donors (Lipinski definition) is 0. The summed E-state index contributed by atoms with van der Waals surface area (Å²) in [7, 11) is 1.36. The molecule has 0 spiro atoms. The Balaban J connectivity index is 2.61. The molecular weight excluding hydrogens is 248 g/mol. The summed E-state index contributed by atoms with van der Waals surface area (Å²) in [6.45, 7) is 4.91. The van der Waals surface area contributed by atoms with Gasteiger partial charge in [0, 0.05) is 18.9 Å². The van der Waals surface area contributed by atoms with Crippen molar-refractivity contribution in [1.29, 1.82) is 0 Å². The Morgan fingerprint density at radius 3 is 2.58 bits per heavy atom. The number of ketones is 3. The number of rotatable bonds is 2. The van der Waals surface area contributed by atoms with Crippen molar-refractivity contribution in [1.82, 2.24) is 0 Å². The van der Waals surface area contributed by atoms with Crippen LogP contribution in [-0.4, -0.2) is 36.2 Å². The fourth-order valence-corrected chi connectivity index (χ4v) is 3.03. The number of ether oxygens (including phenoxy) is 2. The summed E-state index contributed by atoms with van der Waals surface area (Å²) < 4.78 is 11.0. The van der Waals surface area contributed by atoms with Crippen molar-refractivity contribution >= 4 is 17.3 Å². The van der Waals surface area contributed by atoms with Gasteiger partial charge in [-0.3, -0.25) is 14.4 Å². The fourth-order valence-electron chi connectivity index (χ4n) is 3.03. The molecule has 19 heavy (non-hydrogen) atoms. The van der Waals surface area contributed by atoms with E-state index in [-0.39, 0.29) is 36.0 Å². The van der Waals surface area contributed by atoms with Gasteiger partial charge in [-0.2, -0.15) is 0 Å². The Bertz CT molecular complexity index is 488. The summed E-state index contributed by atoms with van der Waals surface area (Å²) in [4.78, 5) is 36.4. The minimum absolute atomic E-state index is 0.0294. The SMILES string of the molecule is COC1=CC(=O)CC2OC(C)(C)CC(=O)[C@@]12C(C)=O. The molecule has 0 aromatic heterocycles. The number of carbonyl (C=O) groups excluding carboxylic acids is 3. The maximum absolute atomic E-state index is 12.6. The Hall–Kier alpha value is -1.49. The lowest BCUT2D eigenvalue weighted by Gasteiger charge is -2.48. The van der Waals surface area contributed by atoms with Crippen LogP contribution in [0.2, 0.25) is 0 Å². The first kappa shape index (κ1) is 13.9. The van der Waals surface area contributed by atoms with Crippen molar-refractivity contribution < 1.29 is 23.9 Å². The Morgan fingerprint density at radius 2 is 2.05 bits per heavy atom. The molecule has 104 valence electrons. The lowest BCUT2D eigenvalue weighted by molar-refractivity contribution is -0.187. The minimum Gasteiger partial charge on any atom is -0.499 e. The zero-order valence-electron chi connectivity index (χ0n) is 11.6. The second-order valence-electron chi connectivity index (χ2n) is 5.71. The molecule has 5 heteroatoms. The second-order valence-corrected chi connectivity index (χ2v) is 5.71. The number of fused-ring (bicyclic) bond motifs is 1. The topological polar surface area (TPSA) is 69.7 Å². The first-order valence-electron chi connectivity index (χ1n) is 6.25. The van der Waals surface area contributed by atoms with E-state index in [2.05, 4.69) is 0 Å². The predicted molar refractivity (Wildman–Crippen MR) is 66.4 cm³/mol. The molecule has 0 bridgehead atoms. The monoisotopic (exact) mass is 266 g/mol. The third kappa shape index (κ3) is 1.92. The average molecular weight is 266 g/mol. The van der Waals surface area contributed by atoms with Crippen molar-refractivity contribution in [2.45, 2.75) is 45.3 Å². The maximum Gasteiger partial charge on any atom is 0.170 e. The van der Waals surface area contributed by atoms with E-state index in [4.69, 9.17) is 9.47 Å². The molecule has 1 fully saturated rings. The van der Waals surface area contributed by atoms with Crippen LogP contribution in [0.4, 0.5) is 0 Å². The van der Waals surface area contributed by atoms with E-state index in [0.29, 0.717) is 0 Å². The van der Waals surface area contributed by atoms with Crippen molar-refractivity contribution in [2.75, 3.05) is 7.11 Å². The number of carbonyl (C=O) groups is 3. The summed E-state index contributed by atoms with van der Waals surface area (Å²) in [6.07, 6.45) is 0.630. The quantitative estimate of drug-likeness (QED) is 0.702. The number of methoxy groups -OCH3 is 1. The van der Waals surface area contributed by atoms with Crippen LogP contribution >= 0.6 is 0 Å². The predicted octanol–water partition coefficient (Wildman–Crippen LogP) is 1.20. The molecule has 0 amide bonds. The smallest absolute Gasteiger partial charge is 0.170 e. The summed E-state index contributed by atoms with van der Waals surface area (Å²) in [6, 6.07) is 0. The first-order chi connectivity index (χ1) is 8.74. The van der Waals surface area contributed by atoms with Gasteiger partial charge in [-0.05, 0) is 20.8 Å². The van der Waals surface area contributed by atoms with E-state index in [1.807, 2.05) is 0 Å². The number of allylic oxidation sites excluding steroid dienone is 1. The average Bonchev–Trinajstić information content (AvgIpc) is 2.24.